The molecule has 1 radical (unpaired) electrons. The van der Waals surface area contributed by atoms with E-state index in [1.54, 1.807) is 0 Å². The van der Waals surface area contributed by atoms with Crippen LogP contribution in [0.15, 0.2) is 24.3 Å². The van der Waals surface area contributed by atoms with Crippen molar-refractivity contribution < 1.29 is 0 Å². The van der Waals surface area contributed by atoms with Crippen LogP contribution in [-0.4, -0.2) is 0 Å². The zero-order chi connectivity index (χ0) is 10.5. The van der Waals surface area contributed by atoms with Gasteiger partial charge in [0.2, 0.25) is 0 Å². The summed E-state index contributed by atoms with van der Waals surface area (Å²) >= 11 is 0. The molecule has 0 nitrogen and oxygen atoms in total. The van der Waals surface area contributed by atoms with Crippen molar-refractivity contribution in [3.8, 4) is 0 Å². The van der Waals surface area contributed by atoms with Gasteiger partial charge in [-0.25, -0.2) is 0 Å². The summed E-state index contributed by atoms with van der Waals surface area (Å²) in [6.45, 7) is 6.00. The quantitative estimate of drug-likeness (QED) is 0.354. The molecule has 0 unspecified atom stereocenters. The summed E-state index contributed by atoms with van der Waals surface area (Å²) in [7, 11) is 0. The van der Waals surface area contributed by atoms with Gasteiger partial charge >= 0.3 is 0 Å². The van der Waals surface area contributed by atoms with Crippen LogP contribution in [0.2, 0.25) is 0 Å². The monoisotopic (exact) mass is 193 g/mol. The Morgan fingerprint density at radius 3 is 2.21 bits per heavy atom. The number of unbranched alkanes of at least 4 members (excludes halogenated alkanes) is 6. The van der Waals surface area contributed by atoms with Gasteiger partial charge in [0.15, 0.2) is 0 Å². The molecule has 0 amide bonds. The molecule has 0 aliphatic carbocycles. The van der Waals surface area contributed by atoms with Crippen molar-refractivity contribution in [2.24, 2.45) is 0 Å². The van der Waals surface area contributed by atoms with E-state index in [0.29, 0.717) is 0 Å². The molecule has 0 aromatic heterocycles. The molecule has 0 heteroatoms. The van der Waals surface area contributed by atoms with Crippen LogP contribution in [0.3, 0.4) is 0 Å². The van der Waals surface area contributed by atoms with Crippen molar-refractivity contribution in [2.45, 2.75) is 58.3 Å². The van der Waals surface area contributed by atoms with E-state index >= 15 is 0 Å². The summed E-state index contributed by atoms with van der Waals surface area (Å²) in [5.74, 6) is 0. The van der Waals surface area contributed by atoms with Crippen LogP contribution in [0.5, 0.6) is 0 Å². The van der Waals surface area contributed by atoms with Gasteiger partial charge in [0.05, 0.1) is 0 Å². The molecule has 0 fully saturated rings. The van der Waals surface area contributed by atoms with E-state index in [-0.39, 0.29) is 0 Å². The Labute approximate surface area is 90.1 Å². The van der Waals surface area contributed by atoms with Crippen LogP contribution in [0.4, 0.5) is 0 Å². The van der Waals surface area contributed by atoms with Gasteiger partial charge in [-0.1, -0.05) is 63.3 Å². The number of hydrogen-bond donors (Lipinski definition) is 0. The van der Waals surface area contributed by atoms with Gasteiger partial charge in [-0.15, -0.1) is 0 Å². The molecule has 0 bridgehead atoms. The van der Waals surface area contributed by atoms with Gasteiger partial charge in [-0.3, -0.25) is 0 Å². The predicted molar refractivity (Wildman–Crippen MR) is 66.2 cm³/mol. The largest absolute Gasteiger partial charge is 0.0845 e. The minimum absolute atomic E-state index is 0.890. The van der Waals surface area contributed by atoms with Crippen LogP contribution in [0.25, 0.3) is 0 Å². The molecule has 0 rings (SSSR count). The second kappa shape index (κ2) is 12.5. The molecule has 0 aromatic carbocycles. The van der Waals surface area contributed by atoms with E-state index in [1.807, 2.05) is 0 Å². The first-order chi connectivity index (χ1) is 6.91. The molecule has 0 spiro atoms. The standard InChI is InChI=1S/C14H25/c1-3-5-7-9-11-13-14-12-10-8-6-4-2/h5,7,9,11H,1,3-4,6,8,10,12-14H2,2H3/b7-5-,11-9+. The van der Waals surface area contributed by atoms with Crippen LogP contribution in [0.1, 0.15) is 58.3 Å². The summed E-state index contributed by atoms with van der Waals surface area (Å²) in [4.78, 5) is 0. The number of hydrogen-bond acceptors (Lipinski definition) is 0. The first-order valence-corrected chi connectivity index (χ1v) is 6.02. The lowest BCUT2D eigenvalue weighted by Crippen LogP contribution is -1.77. The fourth-order valence-corrected chi connectivity index (χ4v) is 1.39. The Bertz CT molecular complexity index is 142. The van der Waals surface area contributed by atoms with Crippen LogP contribution in [-0.2, 0) is 0 Å². The van der Waals surface area contributed by atoms with Gasteiger partial charge < -0.3 is 0 Å². The summed E-state index contributed by atoms with van der Waals surface area (Å²) in [5, 5.41) is 0. The van der Waals surface area contributed by atoms with Crippen molar-refractivity contribution in [1.82, 2.24) is 0 Å². The fraction of sp³-hybridized carbons (Fsp3) is 0.643. The molecule has 0 atom stereocenters. The van der Waals surface area contributed by atoms with Gasteiger partial charge in [-0.2, -0.15) is 0 Å². The molecule has 0 saturated carbocycles. The van der Waals surface area contributed by atoms with E-state index in [2.05, 4.69) is 38.2 Å². The Kier molecular flexibility index (Phi) is 12.0. The first-order valence-electron chi connectivity index (χ1n) is 6.02. The number of allylic oxidation sites excluding steroid dienone is 4. The third-order valence-electron chi connectivity index (χ3n) is 2.27. The summed E-state index contributed by atoms with van der Waals surface area (Å²) in [6, 6.07) is 0. The minimum Gasteiger partial charge on any atom is -0.0845 e. The Morgan fingerprint density at radius 1 is 0.857 bits per heavy atom. The molecule has 0 aliphatic rings. The average Bonchev–Trinajstić information content (AvgIpc) is 2.21. The van der Waals surface area contributed by atoms with Crippen molar-refractivity contribution in [3.05, 3.63) is 31.2 Å². The van der Waals surface area contributed by atoms with E-state index in [9.17, 15) is 0 Å². The highest BCUT2D eigenvalue weighted by atomic mass is 13.9. The van der Waals surface area contributed by atoms with Gasteiger partial charge in [0.25, 0.3) is 0 Å². The molecular weight excluding hydrogens is 168 g/mol. The third-order valence-corrected chi connectivity index (χ3v) is 2.27. The normalized spacial score (nSPS) is 11.9. The Balaban J connectivity index is 3.05. The second-order valence-electron chi connectivity index (χ2n) is 3.70. The zero-order valence-corrected chi connectivity index (χ0v) is 9.67. The molecule has 0 aliphatic heterocycles. The predicted octanol–water partition coefficient (Wildman–Crippen LogP) is 5.07. The number of rotatable bonds is 9. The van der Waals surface area contributed by atoms with E-state index in [0.717, 1.165) is 6.42 Å². The second-order valence-corrected chi connectivity index (χ2v) is 3.70. The maximum Gasteiger partial charge on any atom is -0.0347 e. The molecular formula is C14H25. The Hall–Kier alpha value is -0.520. The van der Waals surface area contributed by atoms with Crippen LogP contribution in [0, 0.1) is 6.92 Å². The maximum absolute atomic E-state index is 3.74. The Morgan fingerprint density at radius 2 is 1.50 bits per heavy atom. The van der Waals surface area contributed by atoms with Gasteiger partial charge in [0.1, 0.15) is 0 Å². The zero-order valence-electron chi connectivity index (χ0n) is 9.67. The molecule has 0 heterocycles. The summed E-state index contributed by atoms with van der Waals surface area (Å²) in [5.41, 5.74) is 0. The lowest BCUT2D eigenvalue weighted by molar-refractivity contribution is 0.611. The van der Waals surface area contributed by atoms with Crippen molar-refractivity contribution in [3.63, 3.8) is 0 Å². The SMILES string of the molecule is [CH2]C/C=C\C=C\CCCCCCCC. The smallest absolute Gasteiger partial charge is 0.0347 e. The van der Waals surface area contributed by atoms with Gasteiger partial charge in [0, 0.05) is 0 Å². The van der Waals surface area contributed by atoms with Crippen molar-refractivity contribution in [2.75, 3.05) is 0 Å². The van der Waals surface area contributed by atoms with E-state index < -0.39 is 0 Å². The molecule has 0 N–H and O–H groups in total. The maximum atomic E-state index is 3.74. The first kappa shape index (κ1) is 13.5. The topological polar surface area (TPSA) is 0 Å². The van der Waals surface area contributed by atoms with Crippen LogP contribution >= 0.6 is 0 Å². The fourth-order valence-electron chi connectivity index (χ4n) is 1.39. The lowest BCUT2D eigenvalue weighted by Gasteiger charge is -1.97. The molecule has 14 heavy (non-hydrogen) atoms. The highest BCUT2D eigenvalue weighted by molar-refractivity contribution is 5.02. The van der Waals surface area contributed by atoms with Crippen molar-refractivity contribution >= 4 is 0 Å². The van der Waals surface area contributed by atoms with Gasteiger partial charge in [-0.05, 0) is 26.2 Å². The van der Waals surface area contributed by atoms with Crippen LogP contribution < -0.4 is 0 Å². The third kappa shape index (κ3) is 11.5. The van der Waals surface area contributed by atoms with E-state index in [1.165, 1.54) is 44.9 Å². The van der Waals surface area contributed by atoms with Crippen molar-refractivity contribution in [1.29, 1.82) is 0 Å². The molecule has 0 aromatic rings. The van der Waals surface area contributed by atoms with E-state index in [4.69, 9.17) is 0 Å². The summed E-state index contributed by atoms with van der Waals surface area (Å²) in [6.07, 6.45) is 19.0. The molecule has 81 valence electrons. The average molecular weight is 193 g/mol. The molecule has 0 saturated heterocycles. The lowest BCUT2D eigenvalue weighted by atomic mass is 10.1. The highest BCUT2D eigenvalue weighted by Crippen LogP contribution is 2.07. The minimum atomic E-state index is 0.890. The summed E-state index contributed by atoms with van der Waals surface area (Å²) < 4.78 is 0. The highest BCUT2D eigenvalue weighted by Gasteiger charge is 1.87.